The van der Waals surface area contributed by atoms with Crippen LogP contribution in [0.4, 0.5) is 0 Å². The first kappa shape index (κ1) is 18.9. The predicted octanol–water partition coefficient (Wildman–Crippen LogP) is -3.08. The lowest BCUT2D eigenvalue weighted by Crippen LogP contribution is -3.00. The molecule has 0 saturated heterocycles. The molecule has 1 N–H and O–H groups in total. The van der Waals surface area contributed by atoms with Crippen molar-refractivity contribution in [3.05, 3.63) is 18.2 Å². The molecule has 0 fully saturated rings. The van der Waals surface area contributed by atoms with Gasteiger partial charge in [-0.05, 0) is 12.8 Å². The van der Waals surface area contributed by atoms with E-state index in [1.165, 1.54) is 12.5 Å². The van der Waals surface area contributed by atoms with Gasteiger partial charge in [0.15, 0.2) is 12.9 Å². The quantitative estimate of drug-likeness (QED) is 0.181. The van der Waals surface area contributed by atoms with Gasteiger partial charge in [0.2, 0.25) is 0 Å². The number of aromatic nitrogens is 2. The van der Waals surface area contributed by atoms with Gasteiger partial charge in [0.25, 0.3) is 0 Å². The van der Waals surface area contributed by atoms with Gasteiger partial charge >= 0.3 is 5.82 Å². The van der Waals surface area contributed by atoms with Crippen molar-refractivity contribution in [2.75, 3.05) is 18.6 Å². The Hall–Kier alpha value is -1.12. The Morgan fingerprint density at radius 2 is 2.20 bits per heavy atom. The van der Waals surface area contributed by atoms with Crippen molar-refractivity contribution in [3.8, 4) is 0 Å². The summed E-state index contributed by atoms with van der Waals surface area (Å²) in [6.07, 6.45) is 7.49. The molecule has 0 bridgehead atoms. The number of hydrogen-bond donors (Lipinski definition) is 1. The van der Waals surface area contributed by atoms with Gasteiger partial charge in [0.1, 0.15) is 22.2 Å². The third-order valence-corrected chi connectivity index (χ3v) is 3.61. The van der Waals surface area contributed by atoms with E-state index < -0.39 is 9.84 Å². The summed E-state index contributed by atoms with van der Waals surface area (Å²) in [5.41, 5.74) is 0. The number of halogens is 1. The molecule has 0 spiro atoms. The highest BCUT2D eigenvalue weighted by Gasteiger charge is 2.12. The van der Waals surface area contributed by atoms with Crippen molar-refractivity contribution in [2.45, 2.75) is 19.6 Å². The van der Waals surface area contributed by atoms with E-state index in [1.807, 2.05) is 19.4 Å². The minimum atomic E-state index is -2.88. The summed E-state index contributed by atoms with van der Waals surface area (Å²) in [4.78, 5) is 0. The monoisotopic (exact) mass is 325 g/mol. The van der Waals surface area contributed by atoms with Gasteiger partial charge in [-0.25, -0.2) is 17.6 Å². The smallest absolute Gasteiger partial charge is 0.305 e. The van der Waals surface area contributed by atoms with Crippen molar-refractivity contribution in [3.63, 3.8) is 0 Å². The zero-order chi connectivity index (χ0) is 14.3. The Kier molecular flexibility index (Phi) is 8.43. The predicted molar refractivity (Wildman–Crippen MR) is 69.9 cm³/mol. The van der Waals surface area contributed by atoms with Crippen LogP contribution in [0.2, 0.25) is 0 Å². The number of nitrogens with zero attached hydrogens (tertiary/aromatic N) is 3. The number of imidazole rings is 1. The van der Waals surface area contributed by atoms with E-state index in [1.54, 1.807) is 9.13 Å². The molecule has 7 nitrogen and oxygen atoms in total. The zero-order valence-corrected chi connectivity index (χ0v) is 13.1. The molecule has 0 unspecified atom stereocenters. The lowest BCUT2D eigenvalue weighted by molar-refractivity contribution is -0.672. The average Bonchev–Trinajstić information content (AvgIpc) is 2.65. The molecule has 1 aromatic rings. The van der Waals surface area contributed by atoms with E-state index >= 15 is 0 Å². The van der Waals surface area contributed by atoms with Crippen molar-refractivity contribution < 1.29 is 35.3 Å². The van der Waals surface area contributed by atoms with Gasteiger partial charge in [0.05, 0.1) is 13.7 Å². The number of rotatable bonds is 8. The molecule has 0 radical (unpaired) electrons. The molecule has 116 valence electrons. The summed E-state index contributed by atoms with van der Waals surface area (Å²) >= 11 is 0. The standard InChI is InChI=1S/C11H19N3O4S.ClH/c1-13-5-6-14(11(13)9-12-15)10-18-7-3-4-8-19(2,16)17;/h5-6,9H,3-4,7-8,10H2,1-2H3;1H. The molecule has 9 heteroatoms. The summed E-state index contributed by atoms with van der Waals surface area (Å²) in [5.74, 6) is 0.899. The minimum Gasteiger partial charge on any atom is -1.00 e. The van der Waals surface area contributed by atoms with Crippen LogP contribution in [-0.4, -0.2) is 43.0 Å². The molecule has 20 heavy (non-hydrogen) atoms. The topological polar surface area (TPSA) is 84.8 Å². The van der Waals surface area contributed by atoms with Crippen LogP contribution in [0.25, 0.3) is 0 Å². The maximum atomic E-state index is 10.9. The van der Waals surface area contributed by atoms with Crippen LogP contribution >= 0.6 is 0 Å². The molecule has 0 aliphatic heterocycles. The Balaban J connectivity index is 0.00000361. The number of sulfone groups is 1. The highest BCUT2D eigenvalue weighted by Crippen LogP contribution is 1.98. The van der Waals surface area contributed by atoms with E-state index in [2.05, 4.69) is 5.16 Å². The zero-order valence-electron chi connectivity index (χ0n) is 11.6. The number of ether oxygens (including phenoxy) is 1. The van der Waals surface area contributed by atoms with E-state index in [0.717, 1.165) is 0 Å². The normalized spacial score (nSPS) is 11.7. The number of hydrogen-bond acceptors (Lipinski definition) is 5. The van der Waals surface area contributed by atoms with Crippen molar-refractivity contribution in [2.24, 2.45) is 12.2 Å². The molecule has 0 atom stereocenters. The molecule has 1 aromatic heterocycles. The second kappa shape index (κ2) is 8.93. The van der Waals surface area contributed by atoms with Crippen LogP contribution in [-0.2, 0) is 28.4 Å². The SMILES string of the molecule is C[n+]1ccn(COCCCCS(C)(=O)=O)c1/C=N/O.[Cl-]. The van der Waals surface area contributed by atoms with Crippen molar-refractivity contribution in [1.82, 2.24) is 4.57 Å². The molecule has 0 amide bonds. The number of aryl methyl sites for hydroxylation is 1. The third kappa shape index (κ3) is 6.88. The maximum Gasteiger partial charge on any atom is 0.305 e. The highest BCUT2D eigenvalue weighted by atomic mass is 35.5. The Bertz CT molecular complexity index is 528. The van der Waals surface area contributed by atoms with E-state index in [0.29, 0.717) is 32.0 Å². The van der Waals surface area contributed by atoms with Gasteiger partial charge in [-0.15, -0.1) is 0 Å². The van der Waals surface area contributed by atoms with E-state index in [4.69, 9.17) is 9.94 Å². The molecule has 0 aromatic carbocycles. The Morgan fingerprint density at radius 3 is 2.80 bits per heavy atom. The lowest BCUT2D eigenvalue weighted by Gasteiger charge is -2.02. The summed E-state index contributed by atoms with van der Waals surface area (Å²) < 4.78 is 30.9. The second-order valence-electron chi connectivity index (χ2n) is 4.36. The largest absolute Gasteiger partial charge is 1.00 e. The lowest BCUT2D eigenvalue weighted by atomic mass is 10.4. The van der Waals surface area contributed by atoms with Crippen molar-refractivity contribution in [1.29, 1.82) is 0 Å². The van der Waals surface area contributed by atoms with Gasteiger partial charge in [0, 0.05) is 12.0 Å². The summed E-state index contributed by atoms with van der Waals surface area (Å²) in [5, 5.41) is 11.5. The van der Waals surface area contributed by atoms with Gasteiger partial charge < -0.3 is 22.4 Å². The van der Waals surface area contributed by atoms with Crippen LogP contribution in [0.5, 0.6) is 0 Å². The van der Waals surface area contributed by atoms with Crippen LogP contribution < -0.4 is 17.0 Å². The average molecular weight is 326 g/mol. The number of oxime groups is 1. The fourth-order valence-electron chi connectivity index (χ4n) is 1.59. The summed E-state index contributed by atoms with van der Waals surface area (Å²) in [6.45, 7) is 0.828. The molecule has 1 heterocycles. The van der Waals surface area contributed by atoms with Crippen LogP contribution in [0, 0.1) is 0 Å². The van der Waals surface area contributed by atoms with Gasteiger partial charge in [-0.3, -0.25) is 0 Å². The fourth-order valence-corrected chi connectivity index (χ4v) is 2.32. The molecular weight excluding hydrogens is 306 g/mol. The first-order valence-electron chi connectivity index (χ1n) is 5.91. The van der Waals surface area contributed by atoms with E-state index in [9.17, 15) is 8.42 Å². The Morgan fingerprint density at radius 1 is 1.50 bits per heavy atom. The summed E-state index contributed by atoms with van der Waals surface area (Å²) in [7, 11) is -1.05. The molecule has 0 aliphatic rings. The molecule has 0 saturated carbocycles. The fraction of sp³-hybridized carbons (Fsp3) is 0.636. The molecular formula is C11H20ClN3O4S. The first-order chi connectivity index (χ1) is 8.94. The summed E-state index contributed by atoms with van der Waals surface area (Å²) in [6, 6.07) is 0. The van der Waals surface area contributed by atoms with Gasteiger partial charge in [-0.1, -0.05) is 5.16 Å². The van der Waals surface area contributed by atoms with Gasteiger partial charge in [-0.2, -0.15) is 0 Å². The Labute approximate surface area is 125 Å². The maximum absolute atomic E-state index is 10.9. The second-order valence-corrected chi connectivity index (χ2v) is 6.62. The van der Waals surface area contributed by atoms with E-state index in [-0.39, 0.29) is 18.2 Å². The number of unbranched alkanes of at least 4 members (excludes halogenated alkanes) is 1. The highest BCUT2D eigenvalue weighted by molar-refractivity contribution is 7.90. The first-order valence-corrected chi connectivity index (χ1v) is 7.98. The van der Waals surface area contributed by atoms with Crippen LogP contribution in [0.15, 0.2) is 17.5 Å². The molecule has 0 aliphatic carbocycles. The van der Waals surface area contributed by atoms with Crippen LogP contribution in [0.1, 0.15) is 18.7 Å². The van der Waals surface area contributed by atoms with Crippen molar-refractivity contribution >= 4 is 16.1 Å². The molecule has 1 rings (SSSR count). The minimum absolute atomic E-state index is 0. The third-order valence-electron chi connectivity index (χ3n) is 2.58. The van der Waals surface area contributed by atoms with Crippen LogP contribution in [0.3, 0.4) is 0 Å².